The number of aryl methyl sites for hydroxylation is 1. The molecule has 0 saturated carbocycles. The molecule has 1 fully saturated rings. The fourth-order valence-electron chi connectivity index (χ4n) is 2.25. The maximum atomic E-state index is 8.87. The van der Waals surface area contributed by atoms with Crippen LogP contribution in [0.15, 0.2) is 12.1 Å². The van der Waals surface area contributed by atoms with E-state index in [-0.39, 0.29) is 0 Å². The third kappa shape index (κ3) is 3.71. The van der Waals surface area contributed by atoms with Crippen LogP contribution in [0.3, 0.4) is 0 Å². The van der Waals surface area contributed by atoms with E-state index in [9.17, 15) is 0 Å². The smallest absolute Gasteiger partial charge is 0.214 e. The quantitative estimate of drug-likeness (QED) is 0.883. The molecule has 1 saturated heterocycles. The molecule has 4 heteroatoms. The van der Waals surface area contributed by atoms with Crippen LogP contribution in [0.2, 0.25) is 0 Å². The number of hydrogen-bond donors (Lipinski definition) is 1. The molecule has 1 aromatic rings. The molecule has 1 atom stereocenters. The Kier molecular flexibility index (Phi) is 4.54. The van der Waals surface area contributed by atoms with Crippen molar-refractivity contribution >= 4 is 0 Å². The van der Waals surface area contributed by atoms with Gasteiger partial charge in [0.25, 0.3) is 0 Å². The van der Waals surface area contributed by atoms with Gasteiger partial charge in [-0.05, 0) is 38.8 Å². The van der Waals surface area contributed by atoms with Gasteiger partial charge in [-0.15, -0.1) is 0 Å². The van der Waals surface area contributed by atoms with Gasteiger partial charge in [0.05, 0.1) is 18.2 Å². The molecule has 18 heavy (non-hydrogen) atoms. The van der Waals surface area contributed by atoms with Crippen molar-refractivity contribution in [3.63, 3.8) is 0 Å². The molecular weight excluding hydrogens is 226 g/mol. The lowest BCUT2D eigenvalue weighted by molar-refractivity contribution is 0.260. The van der Waals surface area contributed by atoms with E-state index in [0.29, 0.717) is 24.1 Å². The van der Waals surface area contributed by atoms with Crippen molar-refractivity contribution in [2.24, 2.45) is 0 Å². The van der Waals surface area contributed by atoms with E-state index < -0.39 is 0 Å². The Morgan fingerprint density at radius 2 is 2.39 bits per heavy atom. The molecule has 1 N–H and O–H groups in total. The molecule has 96 valence electrons. The van der Waals surface area contributed by atoms with Gasteiger partial charge in [0.2, 0.25) is 5.88 Å². The minimum Gasteiger partial charge on any atom is -0.478 e. The van der Waals surface area contributed by atoms with Gasteiger partial charge in [0.1, 0.15) is 0 Å². The van der Waals surface area contributed by atoms with Crippen LogP contribution in [-0.4, -0.2) is 24.2 Å². The fourth-order valence-corrected chi connectivity index (χ4v) is 2.25. The van der Waals surface area contributed by atoms with E-state index in [0.717, 1.165) is 18.7 Å². The van der Waals surface area contributed by atoms with E-state index >= 15 is 0 Å². The van der Waals surface area contributed by atoms with Crippen LogP contribution in [0.1, 0.15) is 36.9 Å². The molecule has 4 nitrogen and oxygen atoms in total. The highest BCUT2D eigenvalue weighted by molar-refractivity contribution is 5.34. The van der Waals surface area contributed by atoms with Gasteiger partial charge in [-0.2, -0.15) is 5.26 Å². The Bertz CT molecular complexity index is 433. The van der Waals surface area contributed by atoms with Crippen molar-refractivity contribution in [1.82, 2.24) is 10.3 Å². The number of ether oxygens (including phenoxy) is 1. The van der Waals surface area contributed by atoms with Crippen LogP contribution in [0.25, 0.3) is 0 Å². The first-order valence-electron chi connectivity index (χ1n) is 6.53. The van der Waals surface area contributed by atoms with Crippen LogP contribution < -0.4 is 10.1 Å². The maximum absolute atomic E-state index is 8.87. The Morgan fingerprint density at radius 3 is 3.11 bits per heavy atom. The Balaban J connectivity index is 1.82. The molecule has 0 aromatic carbocycles. The minimum absolute atomic E-state index is 0.558. The largest absolute Gasteiger partial charge is 0.478 e. The van der Waals surface area contributed by atoms with Gasteiger partial charge in [-0.25, -0.2) is 4.98 Å². The molecule has 0 bridgehead atoms. The normalized spacial score (nSPS) is 19.2. The highest BCUT2D eigenvalue weighted by atomic mass is 16.5. The average Bonchev–Trinajstić information content (AvgIpc) is 2.39. The summed E-state index contributed by atoms with van der Waals surface area (Å²) in [5, 5.41) is 12.4. The molecule has 0 amide bonds. The van der Waals surface area contributed by atoms with Gasteiger partial charge < -0.3 is 10.1 Å². The first-order valence-corrected chi connectivity index (χ1v) is 6.53. The monoisotopic (exact) mass is 245 g/mol. The number of aromatic nitrogens is 1. The van der Waals surface area contributed by atoms with E-state index in [1.54, 1.807) is 12.1 Å². The summed E-state index contributed by atoms with van der Waals surface area (Å²) in [6.07, 6.45) is 4.81. The van der Waals surface area contributed by atoms with Crippen molar-refractivity contribution < 1.29 is 4.74 Å². The fraction of sp³-hybridized carbons (Fsp3) is 0.571. The van der Waals surface area contributed by atoms with E-state index in [2.05, 4.69) is 16.4 Å². The van der Waals surface area contributed by atoms with E-state index in [4.69, 9.17) is 10.00 Å². The second kappa shape index (κ2) is 6.36. The predicted molar refractivity (Wildman–Crippen MR) is 69.4 cm³/mol. The second-order valence-electron chi connectivity index (χ2n) is 4.73. The number of nitrogens with one attached hydrogen (secondary N) is 1. The van der Waals surface area contributed by atoms with Gasteiger partial charge in [-0.3, -0.25) is 0 Å². The molecule has 1 aromatic heterocycles. The summed E-state index contributed by atoms with van der Waals surface area (Å²) in [6, 6.07) is 6.14. The van der Waals surface area contributed by atoms with Crippen molar-refractivity contribution in [1.29, 1.82) is 5.26 Å². The van der Waals surface area contributed by atoms with Gasteiger partial charge in [0.15, 0.2) is 0 Å². The Hall–Kier alpha value is -1.60. The number of piperidine rings is 1. The van der Waals surface area contributed by atoms with Crippen LogP contribution in [0.4, 0.5) is 0 Å². The van der Waals surface area contributed by atoms with Crippen molar-refractivity contribution in [2.75, 3.05) is 13.2 Å². The summed E-state index contributed by atoms with van der Waals surface area (Å²) in [5.41, 5.74) is 1.42. The molecule has 0 radical (unpaired) electrons. The molecule has 1 aliphatic rings. The summed E-state index contributed by atoms with van der Waals surface area (Å²) in [5.74, 6) is 0.558. The Labute approximate surface area is 108 Å². The number of rotatable bonds is 4. The second-order valence-corrected chi connectivity index (χ2v) is 4.73. The van der Waals surface area contributed by atoms with Crippen LogP contribution in [0.5, 0.6) is 5.88 Å². The van der Waals surface area contributed by atoms with Crippen LogP contribution in [0, 0.1) is 18.3 Å². The number of nitrogens with zero attached hydrogens (tertiary/aromatic N) is 2. The third-order valence-corrected chi connectivity index (χ3v) is 3.19. The molecule has 2 rings (SSSR count). The zero-order chi connectivity index (χ0) is 12.8. The summed E-state index contributed by atoms with van der Waals surface area (Å²) in [7, 11) is 0. The number of hydrogen-bond acceptors (Lipinski definition) is 4. The summed E-state index contributed by atoms with van der Waals surface area (Å²) < 4.78 is 5.63. The van der Waals surface area contributed by atoms with E-state index in [1.807, 2.05) is 6.92 Å². The zero-order valence-electron chi connectivity index (χ0n) is 10.8. The number of pyridine rings is 1. The van der Waals surface area contributed by atoms with Gasteiger partial charge >= 0.3 is 0 Å². The summed E-state index contributed by atoms with van der Waals surface area (Å²) in [6.45, 7) is 3.64. The highest BCUT2D eigenvalue weighted by Crippen LogP contribution is 2.14. The highest BCUT2D eigenvalue weighted by Gasteiger charge is 2.12. The zero-order valence-corrected chi connectivity index (χ0v) is 10.8. The molecule has 1 aliphatic heterocycles. The molecule has 0 spiro atoms. The summed E-state index contributed by atoms with van der Waals surface area (Å²) in [4.78, 5) is 4.27. The first kappa shape index (κ1) is 12.8. The molecule has 2 heterocycles. The standard InChI is InChI=1S/C14H19N3O/c1-11-8-12(10-15)9-14(17-11)18-7-5-13-4-2-3-6-16-13/h8-9,13,16H,2-7H2,1H3. The lowest BCUT2D eigenvalue weighted by atomic mass is 10.0. The minimum atomic E-state index is 0.558. The van der Waals surface area contributed by atoms with Crippen LogP contribution in [-0.2, 0) is 0 Å². The third-order valence-electron chi connectivity index (χ3n) is 3.19. The SMILES string of the molecule is Cc1cc(C#N)cc(OCCC2CCCCN2)n1. The number of nitriles is 1. The predicted octanol–water partition coefficient (Wildman–Crippen LogP) is 2.17. The maximum Gasteiger partial charge on any atom is 0.214 e. The topological polar surface area (TPSA) is 57.9 Å². The van der Waals surface area contributed by atoms with Crippen LogP contribution >= 0.6 is 0 Å². The van der Waals surface area contributed by atoms with Crippen molar-refractivity contribution in [3.05, 3.63) is 23.4 Å². The van der Waals surface area contributed by atoms with E-state index in [1.165, 1.54) is 19.3 Å². The first-order chi connectivity index (χ1) is 8.78. The van der Waals surface area contributed by atoms with Gasteiger partial charge in [-0.1, -0.05) is 6.42 Å². The Morgan fingerprint density at radius 1 is 1.50 bits per heavy atom. The lowest BCUT2D eigenvalue weighted by Crippen LogP contribution is -2.35. The van der Waals surface area contributed by atoms with Gasteiger partial charge in [0, 0.05) is 17.8 Å². The average molecular weight is 245 g/mol. The van der Waals surface area contributed by atoms with Crippen molar-refractivity contribution in [2.45, 2.75) is 38.6 Å². The lowest BCUT2D eigenvalue weighted by Gasteiger charge is -2.23. The molecule has 1 unspecified atom stereocenters. The molecular formula is C14H19N3O. The summed E-state index contributed by atoms with van der Waals surface area (Å²) >= 11 is 0. The van der Waals surface area contributed by atoms with Crippen molar-refractivity contribution in [3.8, 4) is 11.9 Å². The molecule has 0 aliphatic carbocycles.